The predicted molar refractivity (Wildman–Crippen MR) is 129 cm³/mol. The van der Waals surface area contributed by atoms with Crippen LogP contribution in [0.2, 0.25) is 5.02 Å². The van der Waals surface area contributed by atoms with E-state index in [-0.39, 0.29) is 36.7 Å². The zero-order chi connectivity index (χ0) is 19.5. The second kappa shape index (κ2) is 11.7. The number of piperazine rings is 1. The van der Waals surface area contributed by atoms with Crippen molar-refractivity contribution in [3.63, 3.8) is 0 Å². The number of nitrogens with one attached hydrogen (secondary N) is 2. The number of rotatable bonds is 5. The number of hydrogen-bond acceptors (Lipinski definition) is 6. The summed E-state index contributed by atoms with van der Waals surface area (Å²) in [6.45, 7) is 6.21. The van der Waals surface area contributed by atoms with Gasteiger partial charge in [-0.25, -0.2) is 4.98 Å². The number of benzene rings is 1. The summed E-state index contributed by atoms with van der Waals surface area (Å²) >= 11 is 8.32. The molecule has 1 aliphatic carbocycles. The Hall–Kier alpha value is -0.860. The largest absolute Gasteiger partial charge is 0.466 e. The van der Waals surface area contributed by atoms with Gasteiger partial charge in [-0.3, -0.25) is 4.79 Å². The van der Waals surface area contributed by atoms with E-state index in [1.54, 1.807) is 11.8 Å². The number of hydrogen-bond donors (Lipinski definition) is 2. The summed E-state index contributed by atoms with van der Waals surface area (Å²) in [5.41, 5.74) is 3.01. The van der Waals surface area contributed by atoms with Crippen molar-refractivity contribution in [3.05, 3.63) is 17.2 Å². The lowest BCUT2D eigenvalue weighted by Gasteiger charge is -2.30. The average Bonchev–Trinajstić information content (AvgIpc) is 3.09. The van der Waals surface area contributed by atoms with Crippen molar-refractivity contribution in [2.75, 3.05) is 37.7 Å². The molecule has 0 radical (unpaired) electrons. The standard InChI is InChI=1S/C20H27ClN4O2S.2ClH/c1-2-27-19(26)13-3-5-14(6-4-13)28-20-23-16-11-15(21)18(12-17(16)24-20)25-9-7-22-8-10-25;;/h11-14,22H,2-10H2,1H3,(H,23,24);2*1H. The fourth-order valence-electron chi connectivity index (χ4n) is 4.03. The van der Waals surface area contributed by atoms with Gasteiger partial charge in [0.05, 0.1) is 34.3 Å². The number of thioether (sulfide) groups is 1. The lowest BCUT2D eigenvalue weighted by molar-refractivity contribution is -0.149. The van der Waals surface area contributed by atoms with Crippen LogP contribution in [-0.4, -0.2) is 54.0 Å². The number of imidazole rings is 1. The molecule has 6 nitrogen and oxygen atoms in total. The molecule has 4 rings (SSSR count). The van der Waals surface area contributed by atoms with Crippen LogP contribution in [0.4, 0.5) is 5.69 Å². The van der Waals surface area contributed by atoms with Crippen LogP contribution in [0.25, 0.3) is 11.0 Å². The highest BCUT2D eigenvalue weighted by Gasteiger charge is 2.28. The van der Waals surface area contributed by atoms with E-state index >= 15 is 0 Å². The number of carbonyl (C=O) groups is 1. The van der Waals surface area contributed by atoms with Gasteiger partial charge in [0, 0.05) is 31.4 Å². The fraction of sp³-hybridized carbons (Fsp3) is 0.600. The highest BCUT2D eigenvalue weighted by atomic mass is 35.5. The van der Waals surface area contributed by atoms with E-state index in [1.807, 2.05) is 13.0 Å². The second-order valence-corrected chi connectivity index (χ2v) is 9.14. The smallest absolute Gasteiger partial charge is 0.308 e. The molecular weight excluding hydrogens is 467 g/mol. The maximum absolute atomic E-state index is 11.9. The number of carbonyl (C=O) groups excluding carboxylic acids is 1. The summed E-state index contributed by atoms with van der Waals surface area (Å²) < 4.78 is 5.16. The molecule has 2 aliphatic rings. The first-order chi connectivity index (χ1) is 13.6. The first-order valence-corrected chi connectivity index (χ1v) is 11.4. The molecule has 2 aromatic rings. The molecule has 1 saturated heterocycles. The van der Waals surface area contributed by atoms with Crippen molar-refractivity contribution in [2.45, 2.75) is 43.0 Å². The van der Waals surface area contributed by atoms with Crippen LogP contribution in [0.15, 0.2) is 17.3 Å². The number of fused-ring (bicyclic) bond motifs is 1. The monoisotopic (exact) mass is 494 g/mol. The van der Waals surface area contributed by atoms with Crippen molar-refractivity contribution in [3.8, 4) is 0 Å². The van der Waals surface area contributed by atoms with Crippen molar-refractivity contribution >= 4 is 70.9 Å². The number of ether oxygens (including phenoxy) is 1. The molecule has 168 valence electrons. The maximum Gasteiger partial charge on any atom is 0.308 e. The van der Waals surface area contributed by atoms with Crippen LogP contribution in [0.1, 0.15) is 32.6 Å². The van der Waals surface area contributed by atoms with Crippen LogP contribution in [0.5, 0.6) is 0 Å². The van der Waals surface area contributed by atoms with Crippen molar-refractivity contribution in [2.24, 2.45) is 5.92 Å². The van der Waals surface area contributed by atoms with Crippen LogP contribution < -0.4 is 10.2 Å². The Labute approximate surface area is 199 Å². The predicted octanol–water partition coefficient (Wildman–Crippen LogP) is 4.68. The van der Waals surface area contributed by atoms with Crippen molar-refractivity contribution in [1.29, 1.82) is 0 Å². The Balaban J connectivity index is 0.00000160. The van der Waals surface area contributed by atoms with Gasteiger partial charge in [0.25, 0.3) is 0 Å². The van der Waals surface area contributed by atoms with E-state index in [9.17, 15) is 4.79 Å². The molecule has 1 aromatic carbocycles. The fourth-order valence-corrected chi connectivity index (χ4v) is 5.46. The van der Waals surface area contributed by atoms with E-state index in [0.717, 1.165) is 78.8 Å². The Morgan fingerprint density at radius 1 is 1.23 bits per heavy atom. The number of nitrogens with zero attached hydrogens (tertiary/aromatic N) is 2. The van der Waals surface area contributed by atoms with Gasteiger partial charge in [-0.1, -0.05) is 23.4 Å². The summed E-state index contributed by atoms with van der Waals surface area (Å²) in [5, 5.41) is 5.54. The van der Waals surface area contributed by atoms with Gasteiger partial charge in [0.2, 0.25) is 0 Å². The molecule has 2 N–H and O–H groups in total. The average molecular weight is 496 g/mol. The summed E-state index contributed by atoms with van der Waals surface area (Å²) in [6.07, 6.45) is 3.82. The third kappa shape index (κ3) is 5.88. The van der Waals surface area contributed by atoms with Crippen LogP contribution in [0.3, 0.4) is 0 Å². The highest BCUT2D eigenvalue weighted by Crippen LogP contribution is 2.37. The second-order valence-electron chi connectivity index (χ2n) is 7.44. The minimum absolute atomic E-state index is 0. The Morgan fingerprint density at radius 2 is 1.93 bits per heavy atom. The molecule has 0 spiro atoms. The molecule has 0 bridgehead atoms. The Bertz CT molecular complexity index is 837. The molecule has 0 unspecified atom stereocenters. The Kier molecular flexibility index (Phi) is 9.88. The number of esters is 1. The lowest BCUT2D eigenvalue weighted by atomic mass is 9.89. The van der Waals surface area contributed by atoms with Gasteiger partial charge in [-0.2, -0.15) is 0 Å². The number of aromatic nitrogens is 2. The third-order valence-electron chi connectivity index (χ3n) is 5.56. The normalized spacial score (nSPS) is 21.6. The van der Waals surface area contributed by atoms with Gasteiger partial charge in [-0.15, -0.1) is 24.8 Å². The van der Waals surface area contributed by atoms with Crippen molar-refractivity contribution < 1.29 is 9.53 Å². The molecular formula is C20H29Cl3N4O2S. The molecule has 2 fully saturated rings. The number of H-pyrrole nitrogens is 1. The molecule has 2 heterocycles. The van der Waals surface area contributed by atoms with Crippen LogP contribution >= 0.6 is 48.2 Å². The highest BCUT2D eigenvalue weighted by molar-refractivity contribution is 7.99. The summed E-state index contributed by atoms with van der Waals surface area (Å²) in [5.74, 6) is 0.0256. The molecule has 1 saturated carbocycles. The van der Waals surface area contributed by atoms with Crippen molar-refractivity contribution in [1.82, 2.24) is 15.3 Å². The first kappa shape index (κ1) is 25.4. The molecule has 1 aliphatic heterocycles. The van der Waals surface area contributed by atoms with E-state index in [0.29, 0.717) is 11.9 Å². The number of halogens is 3. The third-order valence-corrected chi connectivity index (χ3v) is 7.08. The molecule has 1 aromatic heterocycles. The van der Waals surface area contributed by atoms with Crippen LogP contribution in [-0.2, 0) is 9.53 Å². The first-order valence-electron chi connectivity index (χ1n) is 10.1. The van der Waals surface area contributed by atoms with Gasteiger partial charge >= 0.3 is 5.97 Å². The van der Waals surface area contributed by atoms with Gasteiger partial charge in [-0.05, 0) is 44.7 Å². The van der Waals surface area contributed by atoms with Gasteiger partial charge in [0.1, 0.15) is 0 Å². The van der Waals surface area contributed by atoms with Gasteiger partial charge in [0.15, 0.2) is 5.16 Å². The summed E-state index contributed by atoms with van der Waals surface area (Å²) in [4.78, 5) is 22.4. The van der Waals surface area contributed by atoms with Crippen LogP contribution in [0, 0.1) is 5.92 Å². The zero-order valence-electron chi connectivity index (χ0n) is 17.0. The van der Waals surface area contributed by atoms with E-state index in [1.165, 1.54) is 0 Å². The van der Waals surface area contributed by atoms with Gasteiger partial charge < -0.3 is 19.9 Å². The minimum Gasteiger partial charge on any atom is -0.466 e. The Morgan fingerprint density at radius 3 is 2.60 bits per heavy atom. The summed E-state index contributed by atoms with van der Waals surface area (Å²) in [7, 11) is 0. The van der Waals surface area contributed by atoms with E-state index < -0.39 is 0 Å². The zero-order valence-corrected chi connectivity index (χ0v) is 20.2. The quantitative estimate of drug-likeness (QED) is 0.587. The van der Waals surface area contributed by atoms with E-state index in [4.69, 9.17) is 21.3 Å². The maximum atomic E-state index is 11.9. The minimum atomic E-state index is -0.0372. The summed E-state index contributed by atoms with van der Waals surface area (Å²) in [6, 6.07) is 4.09. The SMILES string of the molecule is CCOC(=O)C1CCC(Sc2nc3cc(Cl)c(N4CCNCC4)cc3[nH]2)CC1.Cl.Cl. The lowest BCUT2D eigenvalue weighted by Crippen LogP contribution is -2.43. The molecule has 10 heteroatoms. The molecule has 0 atom stereocenters. The molecule has 30 heavy (non-hydrogen) atoms. The van der Waals surface area contributed by atoms with E-state index in [2.05, 4.69) is 21.3 Å². The molecule has 0 amide bonds. The topological polar surface area (TPSA) is 70.2 Å². The number of anilines is 1. The number of aromatic amines is 1.